The van der Waals surface area contributed by atoms with Crippen molar-refractivity contribution in [2.24, 2.45) is 0 Å². The summed E-state index contributed by atoms with van der Waals surface area (Å²) in [4.78, 5) is 0. The Morgan fingerprint density at radius 2 is 2.36 bits per heavy atom. The molecule has 1 unspecified atom stereocenters. The first-order valence-corrected chi connectivity index (χ1v) is 5.30. The molecule has 76 valence electrons. The molecule has 1 saturated heterocycles. The highest BCUT2D eigenvalue weighted by molar-refractivity contribution is 6.17. The molecule has 1 nitrogen and oxygen atoms in total. The van der Waals surface area contributed by atoms with Gasteiger partial charge in [0.05, 0.1) is 6.10 Å². The standard InChI is InChI=1S/C11H12ClFO/c12-7-8-3-4-9(13)6-10(8)11-2-1-5-14-11/h3-4,6,11H,1-2,5,7H2. The fraction of sp³-hybridized carbons (Fsp3) is 0.455. The zero-order valence-electron chi connectivity index (χ0n) is 7.80. The molecule has 0 aromatic heterocycles. The number of hydrogen-bond donors (Lipinski definition) is 0. The molecule has 1 atom stereocenters. The Bertz CT molecular complexity index is 321. The average Bonchev–Trinajstić information content (AvgIpc) is 2.70. The fourth-order valence-corrected chi connectivity index (χ4v) is 2.05. The van der Waals surface area contributed by atoms with Crippen LogP contribution in [0.4, 0.5) is 4.39 Å². The van der Waals surface area contributed by atoms with E-state index in [4.69, 9.17) is 16.3 Å². The molecule has 0 bridgehead atoms. The van der Waals surface area contributed by atoms with E-state index in [0.717, 1.165) is 30.6 Å². The van der Waals surface area contributed by atoms with Crippen LogP contribution in [-0.4, -0.2) is 6.61 Å². The third-order valence-electron chi connectivity index (χ3n) is 2.53. The third kappa shape index (κ3) is 1.91. The maximum atomic E-state index is 13.0. The number of rotatable bonds is 2. The molecular formula is C11H12ClFO. The van der Waals surface area contributed by atoms with Crippen molar-refractivity contribution in [1.82, 2.24) is 0 Å². The summed E-state index contributed by atoms with van der Waals surface area (Å²) < 4.78 is 18.5. The Balaban J connectivity index is 2.33. The molecule has 0 saturated carbocycles. The van der Waals surface area contributed by atoms with Gasteiger partial charge in [-0.3, -0.25) is 0 Å². The maximum absolute atomic E-state index is 13.0. The van der Waals surface area contributed by atoms with Crippen molar-refractivity contribution in [2.75, 3.05) is 6.61 Å². The van der Waals surface area contributed by atoms with Crippen molar-refractivity contribution in [1.29, 1.82) is 0 Å². The van der Waals surface area contributed by atoms with Crippen molar-refractivity contribution in [3.8, 4) is 0 Å². The Labute approximate surface area is 87.8 Å². The number of halogens is 2. The van der Waals surface area contributed by atoms with E-state index in [0.29, 0.717) is 5.88 Å². The molecule has 0 radical (unpaired) electrons. The molecule has 1 aromatic rings. The lowest BCUT2D eigenvalue weighted by molar-refractivity contribution is 0.111. The van der Waals surface area contributed by atoms with E-state index in [-0.39, 0.29) is 11.9 Å². The van der Waals surface area contributed by atoms with Gasteiger partial charge in [0.1, 0.15) is 5.82 Å². The smallest absolute Gasteiger partial charge is 0.123 e. The van der Waals surface area contributed by atoms with E-state index in [9.17, 15) is 4.39 Å². The van der Waals surface area contributed by atoms with Crippen molar-refractivity contribution < 1.29 is 9.13 Å². The zero-order valence-corrected chi connectivity index (χ0v) is 8.56. The highest BCUT2D eigenvalue weighted by Gasteiger charge is 2.20. The maximum Gasteiger partial charge on any atom is 0.123 e. The monoisotopic (exact) mass is 214 g/mol. The SMILES string of the molecule is Fc1ccc(CCl)c(C2CCCO2)c1. The van der Waals surface area contributed by atoms with Crippen molar-refractivity contribution >= 4 is 11.6 Å². The van der Waals surface area contributed by atoms with Crippen LogP contribution in [0.2, 0.25) is 0 Å². The summed E-state index contributed by atoms with van der Waals surface area (Å²) in [7, 11) is 0. The molecule has 1 fully saturated rings. The summed E-state index contributed by atoms with van der Waals surface area (Å²) in [6, 6.07) is 4.71. The lowest BCUT2D eigenvalue weighted by atomic mass is 10.0. The molecule has 1 heterocycles. The summed E-state index contributed by atoms with van der Waals surface area (Å²) >= 11 is 5.78. The number of alkyl halides is 1. The van der Waals surface area contributed by atoms with Crippen LogP contribution in [-0.2, 0) is 10.6 Å². The summed E-state index contributed by atoms with van der Waals surface area (Å²) in [5, 5.41) is 0. The van der Waals surface area contributed by atoms with Gasteiger partial charge in [0.15, 0.2) is 0 Å². The van der Waals surface area contributed by atoms with Gasteiger partial charge < -0.3 is 4.74 Å². The highest BCUT2D eigenvalue weighted by atomic mass is 35.5. The molecule has 0 amide bonds. The molecule has 0 spiro atoms. The van der Waals surface area contributed by atoms with Crippen LogP contribution in [0.3, 0.4) is 0 Å². The van der Waals surface area contributed by atoms with E-state index < -0.39 is 0 Å². The molecule has 0 N–H and O–H groups in total. The first-order valence-electron chi connectivity index (χ1n) is 4.77. The van der Waals surface area contributed by atoms with Gasteiger partial charge in [-0.1, -0.05) is 6.07 Å². The summed E-state index contributed by atoms with van der Waals surface area (Å²) in [5.74, 6) is 0.194. The van der Waals surface area contributed by atoms with Crippen molar-refractivity contribution in [3.05, 3.63) is 35.1 Å². The summed E-state index contributed by atoms with van der Waals surface area (Å²) in [5.41, 5.74) is 1.89. The Morgan fingerprint density at radius 1 is 1.50 bits per heavy atom. The van der Waals surface area contributed by atoms with Gasteiger partial charge in [0.2, 0.25) is 0 Å². The van der Waals surface area contributed by atoms with Gasteiger partial charge >= 0.3 is 0 Å². The molecule has 1 aliphatic heterocycles. The van der Waals surface area contributed by atoms with Crippen LogP contribution in [0.15, 0.2) is 18.2 Å². The molecule has 1 aliphatic rings. The fourth-order valence-electron chi connectivity index (χ4n) is 1.81. The molecular weight excluding hydrogens is 203 g/mol. The summed E-state index contributed by atoms with van der Waals surface area (Å²) in [6.07, 6.45) is 2.05. The number of benzene rings is 1. The van der Waals surface area contributed by atoms with E-state index >= 15 is 0 Å². The molecule has 2 rings (SSSR count). The minimum absolute atomic E-state index is 0.0412. The topological polar surface area (TPSA) is 9.23 Å². The van der Waals surface area contributed by atoms with E-state index in [1.54, 1.807) is 6.07 Å². The molecule has 1 aromatic carbocycles. The Kier molecular flexibility index (Phi) is 3.04. The second-order valence-electron chi connectivity index (χ2n) is 3.48. The van der Waals surface area contributed by atoms with Gasteiger partial charge in [-0.25, -0.2) is 4.39 Å². The zero-order chi connectivity index (χ0) is 9.97. The van der Waals surface area contributed by atoms with Gasteiger partial charge in [-0.2, -0.15) is 0 Å². The first-order chi connectivity index (χ1) is 6.81. The molecule has 3 heteroatoms. The van der Waals surface area contributed by atoms with Crippen LogP contribution in [0.25, 0.3) is 0 Å². The lowest BCUT2D eigenvalue weighted by Crippen LogP contribution is -2.00. The van der Waals surface area contributed by atoms with Crippen LogP contribution in [0.1, 0.15) is 30.1 Å². The lowest BCUT2D eigenvalue weighted by Gasteiger charge is -2.13. The van der Waals surface area contributed by atoms with Gasteiger partial charge in [0, 0.05) is 12.5 Å². The molecule has 14 heavy (non-hydrogen) atoms. The van der Waals surface area contributed by atoms with Crippen molar-refractivity contribution in [2.45, 2.75) is 24.8 Å². The highest BCUT2D eigenvalue weighted by Crippen LogP contribution is 2.31. The molecule has 0 aliphatic carbocycles. The van der Waals surface area contributed by atoms with Gasteiger partial charge in [-0.15, -0.1) is 11.6 Å². The predicted molar refractivity (Wildman–Crippen MR) is 53.9 cm³/mol. The minimum atomic E-state index is -0.218. The van der Waals surface area contributed by atoms with Crippen LogP contribution in [0.5, 0.6) is 0 Å². The largest absolute Gasteiger partial charge is 0.374 e. The van der Waals surface area contributed by atoms with Crippen LogP contribution in [0, 0.1) is 5.82 Å². The number of ether oxygens (including phenoxy) is 1. The Morgan fingerprint density at radius 3 is 3.00 bits per heavy atom. The van der Waals surface area contributed by atoms with E-state index in [1.165, 1.54) is 12.1 Å². The number of hydrogen-bond acceptors (Lipinski definition) is 1. The first kappa shape index (κ1) is 9.94. The Hall–Kier alpha value is -0.600. The minimum Gasteiger partial charge on any atom is -0.374 e. The quantitative estimate of drug-likeness (QED) is 0.686. The second-order valence-corrected chi connectivity index (χ2v) is 3.75. The van der Waals surface area contributed by atoms with Crippen molar-refractivity contribution in [3.63, 3.8) is 0 Å². The van der Waals surface area contributed by atoms with Crippen LogP contribution >= 0.6 is 11.6 Å². The average molecular weight is 215 g/mol. The van der Waals surface area contributed by atoms with Crippen LogP contribution < -0.4 is 0 Å². The third-order valence-corrected chi connectivity index (χ3v) is 2.82. The second kappa shape index (κ2) is 4.28. The van der Waals surface area contributed by atoms with Gasteiger partial charge in [0.25, 0.3) is 0 Å². The van der Waals surface area contributed by atoms with E-state index in [1.807, 2.05) is 0 Å². The van der Waals surface area contributed by atoms with Gasteiger partial charge in [-0.05, 0) is 36.1 Å². The van der Waals surface area contributed by atoms with E-state index in [2.05, 4.69) is 0 Å². The normalized spacial score (nSPS) is 21.4. The summed E-state index contributed by atoms with van der Waals surface area (Å²) in [6.45, 7) is 0.767. The predicted octanol–water partition coefficient (Wildman–Crippen LogP) is 3.42.